The van der Waals surface area contributed by atoms with Crippen LogP contribution in [-0.4, -0.2) is 5.78 Å². The van der Waals surface area contributed by atoms with Crippen LogP contribution in [0.5, 0.6) is 0 Å². The standard InChI is InChI=1S/C28H48O/c1-19(2)10-9-11-20(3)25-22(29)18-24-27(5)16-13-21-12-7-8-15-26(21,4)23(27)14-17-28(24,25)6/h19-21,23-25H,7-18H2,1-6H3/t20-,21?,23-,24+,25+,26+,27-,28+/m1/s1. The fourth-order valence-electron chi connectivity index (χ4n) is 9.75. The van der Waals surface area contributed by atoms with Crippen molar-refractivity contribution in [1.29, 1.82) is 0 Å². The maximum atomic E-state index is 13.5. The highest BCUT2D eigenvalue weighted by Crippen LogP contribution is 2.72. The summed E-state index contributed by atoms with van der Waals surface area (Å²) in [6, 6.07) is 0. The first kappa shape index (κ1) is 21.9. The Morgan fingerprint density at radius 3 is 2.28 bits per heavy atom. The van der Waals surface area contributed by atoms with Gasteiger partial charge in [-0.25, -0.2) is 0 Å². The van der Waals surface area contributed by atoms with E-state index in [1.165, 1.54) is 70.6 Å². The van der Waals surface area contributed by atoms with Gasteiger partial charge in [-0.15, -0.1) is 0 Å². The van der Waals surface area contributed by atoms with Crippen molar-refractivity contribution in [3.63, 3.8) is 0 Å². The number of carbonyl (C=O) groups is 1. The number of rotatable bonds is 5. The fourth-order valence-corrected chi connectivity index (χ4v) is 9.75. The van der Waals surface area contributed by atoms with Crippen molar-refractivity contribution in [3.8, 4) is 0 Å². The van der Waals surface area contributed by atoms with Crippen LogP contribution in [-0.2, 0) is 4.79 Å². The van der Waals surface area contributed by atoms with Gasteiger partial charge >= 0.3 is 0 Å². The Labute approximate surface area is 181 Å². The van der Waals surface area contributed by atoms with E-state index in [9.17, 15) is 4.79 Å². The first-order valence-electron chi connectivity index (χ1n) is 13.2. The van der Waals surface area contributed by atoms with E-state index in [2.05, 4.69) is 41.5 Å². The van der Waals surface area contributed by atoms with E-state index in [0.29, 0.717) is 34.4 Å². The van der Waals surface area contributed by atoms with Gasteiger partial charge in [0.15, 0.2) is 0 Å². The van der Waals surface area contributed by atoms with Crippen LogP contribution in [0.2, 0.25) is 0 Å². The maximum absolute atomic E-state index is 13.5. The molecule has 0 amide bonds. The number of ketones is 1. The van der Waals surface area contributed by atoms with E-state index in [1.54, 1.807) is 0 Å². The average Bonchev–Trinajstić information content (AvgIpc) is 2.92. The largest absolute Gasteiger partial charge is 0.299 e. The van der Waals surface area contributed by atoms with Crippen LogP contribution in [0, 0.1) is 51.8 Å². The van der Waals surface area contributed by atoms with Crippen LogP contribution >= 0.6 is 0 Å². The van der Waals surface area contributed by atoms with E-state index < -0.39 is 0 Å². The fraction of sp³-hybridized carbons (Fsp3) is 0.964. The van der Waals surface area contributed by atoms with Gasteiger partial charge in [0.25, 0.3) is 0 Å². The number of hydrogen-bond acceptors (Lipinski definition) is 1. The van der Waals surface area contributed by atoms with E-state index in [1.807, 2.05) is 0 Å². The summed E-state index contributed by atoms with van der Waals surface area (Å²) in [5.41, 5.74) is 1.21. The van der Waals surface area contributed by atoms with Crippen LogP contribution < -0.4 is 0 Å². The highest BCUT2D eigenvalue weighted by molar-refractivity contribution is 5.85. The Hall–Kier alpha value is -0.330. The highest BCUT2D eigenvalue weighted by atomic mass is 16.1. The summed E-state index contributed by atoms with van der Waals surface area (Å²) in [6.45, 7) is 14.9. The molecular weight excluding hydrogens is 352 g/mol. The molecular formula is C28H48O. The Morgan fingerprint density at radius 2 is 1.55 bits per heavy atom. The summed E-state index contributed by atoms with van der Waals surface area (Å²) in [7, 11) is 0. The van der Waals surface area contributed by atoms with Crippen molar-refractivity contribution in [3.05, 3.63) is 0 Å². The molecule has 29 heavy (non-hydrogen) atoms. The van der Waals surface area contributed by atoms with Gasteiger partial charge in [0.05, 0.1) is 0 Å². The number of Topliss-reactive ketones (excluding diaryl/α,β-unsaturated/α-hetero) is 1. The Balaban J connectivity index is 1.57. The Kier molecular flexibility index (Phi) is 5.79. The van der Waals surface area contributed by atoms with Crippen LogP contribution in [0.1, 0.15) is 119 Å². The second kappa shape index (κ2) is 7.67. The number of hydrogen-bond donors (Lipinski definition) is 0. The van der Waals surface area contributed by atoms with Gasteiger partial charge in [0.2, 0.25) is 0 Å². The molecule has 8 atom stereocenters. The predicted octanol–water partition coefficient (Wildman–Crippen LogP) is 8.07. The lowest BCUT2D eigenvalue weighted by Gasteiger charge is -2.65. The molecule has 4 rings (SSSR count). The molecule has 0 N–H and O–H groups in total. The molecule has 1 unspecified atom stereocenters. The second-order valence-corrected chi connectivity index (χ2v) is 13.1. The molecule has 4 fully saturated rings. The zero-order valence-electron chi connectivity index (χ0n) is 20.4. The third kappa shape index (κ3) is 3.36. The Morgan fingerprint density at radius 1 is 0.828 bits per heavy atom. The molecule has 4 aliphatic carbocycles. The normalized spacial score (nSPS) is 48.2. The molecule has 1 nitrogen and oxygen atoms in total. The highest BCUT2D eigenvalue weighted by Gasteiger charge is 2.66. The topological polar surface area (TPSA) is 17.1 Å². The summed E-state index contributed by atoms with van der Waals surface area (Å²) >= 11 is 0. The first-order valence-corrected chi connectivity index (χ1v) is 13.2. The van der Waals surface area contributed by atoms with Crippen LogP contribution in [0.4, 0.5) is 0 Å². The maximum Gasteiger partial charge on any atom is 0.137 e. The van der Waals surface area contributed by atoms with Crippen molar-refractivity contribution >= 4 is 5.78 Å². The first-order chi connectivity index (χ1) is 13.6. The molecule has 0 aromatic rings. The third-order valence-corrected chi connectivity index (χ3v) is 11.1. The molecule has 4 saturated carbocycles. The minimum Gasteiger partial charge on any atom is -0.299 e. The summed E-state index contributed by atoms with van der Waals surface area (Å²) in [5, 5.41) is 0. The van der Waals surface area contributed by atoms with Gasteiger partial charge in [-0.3, -0.25) is 4.79 Å². The molecule has 4 aliphatic rings. The van der Waals surface area contributed by atoms with Crippen molar-refractivity contribution in [2.24, 2.45) is 51.8 Å². The third-order valence-electron chi connectivity index (χ3n) is 11.1. The molecule has 0 aromatic heterocycles. The molecule has 1 heteroatoms. The van der Waals surface area contributed by atoms with E-state index in [4.69, 9.17) is 0 Å². The molecule has 0 aromatic carbocycles. The zero-order valence-corrected chi connectivity index (χ0v) is 20.4. The molecule has 0 aliphatic heterocycles. The van der Waals surface area contributed by atoms with E-state index in [0.717, 1.165) is 24.2 Å². The van der Waals surface area contributed by atoms with Crippen LogP contribution in [0.25, 0.3) is 0 Å². The number of fused-ring (bicyclic) bond motifs is 5. The minimum absolute atomic E-state index is 0.261. The zero-order chi connectivity index (χ0) is 21.0. The molecule has 0 spiro atoms. The molecule has 0 radical (unpaired) electrons. The van der Waals surface area contributed by atoms with Crippen molar-refractivity contribution in [1.82, 2.24) is 0 Å². The average molecular weight is 401 g/mol. The van der Waals surface area contributed by atoms with Crippen molar-refractivity contribution < 1.29 is 4.79 Å². The molecule has 0 bridgehead atoms. The van der Waals surface area contributed by atoms with Crippen LogP contribution in [0.15, 0.2) is 0 Å². The van der Waals surface area contributed by atoms with Gasteiger partial charge < -0.3 is 0 Å². The summed E-state index contributed by atoms with van der Waals surface area (Å²) < 4.78 is 0. The summed E-state index contributed by atoms with van der Waals surface area (Å²) in [6.07, 6.45) is 16.1. The molecule has 0 saturated heterocycles. The lowest BCUT2D eigenvalue weighted by molar-refractivity contribution is -0.167. The lowest BCUT2D eigenvalue weighted by Crippen LogP contribution is -2.58. The quantitative estimate of drug-likeness (QED) is 0.456. The Bertz CT molecular complexity index is 622. The monoisotopic (exact) mass is 400 g/mol. The smallest absolute Gasteiger partial charge is 0.137 e. The van der Waals surface area contributed by atoms with E-state index in [-0.39, 0.29) is 5.41 Å². The van der Waals surface area contributed by atoms with Gasteiger partial charge in [0, 0.05) is 12.3 Å². The van der Waals surface area contributed by atoms with E-state index >= 15 is 0 Å². The van der Waals surface area contributed by atoms with Gasteiger partial charge in [0.1, 0.15) is 5.78 Å². The van der Waals surface area contributed by atoms with Gasteiger partial charge in [-0.1, -0.05) is 67.2 Å². The van der Waals surface area contributed by atoms with Crippen LogP contribution in [0.3, 0.4) is 0 Å². The summed E-state index contributed by atoms with van der Waals surface area (Å²) in [5.74, 6) is 4.76. The van der Waals surface area contributed by atoms with Crippen molar-refractivity contribution in [2.45, 2.75) is 119 Å². The number of carbonyl (C=O) groups excluding carboxylic acids is 1. The molecule has 0 heterocycles. The SMILES string of the molecule is CC(C)CCC[C@@H](C)[C@H]1C(=O)C[C@@H]2[C@]1(C)CC[C@H]1[C@@]2(C)CCC2CCCC[C@@]21C. The minimum atomic E-state index is 0.261. The van der Waals surface area contributed by atoms with Gasteiger partial charge in [-0.2, -0.15) is 0 Å². The predicted molar refractivity (Wildman–Crippen MR) is 123 cm³/mol. The van der Waals surface area contributed by atoms with Crippen molar-refractivity contribution in [2.75, 3.05) is 0 Å². The molecule has 166 valence electrons. The van der Waals surface area contributed by atoms with Gasteiger partial charge in [-0.05, 0) is 90.8 Å². The second-order valence-electron chi connectivity index (χ2n) is 13.1. The summed E-state index contributed by atoms with van der Waals surface area (Å²) in [4.78, 5) is 13.5. The lowest BCUT2D eigenvalue weighted by atomic mass is 9.39.